The predicted molar refractivity (Wildman–Crippen MR) is 78.5 cm³/mol. The molecule has 0 aliphatic carbocycles. The van der Waals surface area contributed by atoms with Crippen LogP contribution in [-0.4, -0.2) is 14.6 Å². The Labute approximate surface area is 120 Å². The summed E-state index contributed by atoms with van der Waals surface area (Å²) >= 11 is 5.03. The minimum atomic E-state index is 0.767. The highest BCUT2D eigenvalue weighted by atomic mass is 79.9. The first-order valence-corrected chi connectivity index (χ1v) is 7.32. The zero-order chi connectivity index (χ0) is 13.0. The van der Waals surface area contributed by atoms with E-state index in [1.807, 2.05) is 37.4 Å². The number of hydrogen-bond acceptors (Lipinski definition) is 4. The summed E-state index contributed by atoms with van der Waals surface area (Å²) < 4.78 is 8.65. The van der Waals surface area contributed by atoms with E-state index in [-0.39, 0.29) is 0 Å². The summed E-state index contributed by atoms with van der Waals surface area (Å²) in [6.07, 6.45) is 1.89. The zero-order valence-electron chi connectivity index (χ0n) is 9.92. The number of benzene rings is 1. The van der Waals surface area contributed by atoms with E-state index in [0.717, 1.165) is 36.9 Å². The Morgan fingerprint density at radius 2 is 2.21 bits per heavy atom. The summed E-state index contributed by atoms with van der Waals surface area (Å²) in [5.41, 5.74) is 1.67. The van der Waals surface area contributed by atoms with Crippen molar-refractivity contribution in [3.8, 4) is 11.5 Å². The van der Waals surface area contributed by atoms with Crippen LogP contribution in [0.2, 0.25) is 0 Å². The number of fused-ring (bicyclic) bond motifs is 2. The van der Waals surface area contributed by atoms with Crippen LogP contribution in [0.1, 0.15) is 5.01 Å². The Morgan fingerprint density at radius 1 is 1.32 bits per heavy atom. The molecule has 0 N–H and O–H groups in total. The fraction of sp³-hybridized carbons (Fsp3) is 0.0769. The molecule has 0 saturated heterocycles. The third-order valence-corrected chi connectivity index (χ3v) is 4.21. The number of halogens is 1. The van der Waals surface area contributed by atoms with Gasteiger partial charge in [-0.3, -0.25) is 0 Å². The van der Waals surface area contributed by atoms with Gasteiger partial charge in [0, 0.05) is 9.86 Å². The van der Waals surface area contributed by atoms with Crippen LogP contribution in [0.4, 0.5) is 0 Å². The maximum atomic E-state index is 5.82. The third kappa shape index (κ3) is 1.79. The summed E-state index contributed by atoms with van der Waals surface area (Å²) in [5.74, 6) is 0.767. The average Bonchev–Trinajstić information content (AvgIpc) is 2.99. The Hall–Kier alpha value is -1.66. The molecular formula is C13H8BrN3OS. The molecule has 4 rings (SSSR count). The largest absolute Gasteiger partial charge is 0.454 e. The van der Waals surface area contributed by atoms with Gasteiger partial charge in [-0.05, 0) is 31.2 Å². The van der Waals surface area contributed by atoms with Gasteiger partial charge in [0.2, 0.25) is 4.96 Å². The van der Waals surface area contributed by atoms with E-state index < -0.39 is 0 Å². The topological polar surface area (TPSA) is 43.3 Å². The molecule has 0 fully saturated rings. The Kier molecular flexibility index (Phi) is 2.31. The molecule has 4 aromatic rings. The van der Waals surface area contributed by atoms with Crippen molar-refractivity contribution in [1.29, 1.82) is 0 Å². The molecule has 0 aliphatic rings. The molecule has 0 radical (unpaired) electrons. The van der Waals surface area contributed by atoms with Crippen LogP contribution in [0.3, 0.4) is 0 Å². The van der Waals surface area contributed by atoms with Crippen LogP contribution in [0.5, 0.6) is 0 Å². The zero-order valence-corrected chi connectivity index (χ0v) is 12.3. The summed E-state index contributed by atoms with van der Waals surface area (Å²) in [4.78, 5) is 5.42. The smallest absolute Gasteiger partial charge is 0.212 e. The van der Waals surface area contributed by atoms with Crippen LogP contribution >= 0.6 is 27.3 Å². The van der Waals surface area contributed by atoms with Gasteiger partial charge in [0.05, 0.1) is 6.20 Å². The number of aryl methyl sites for hydroxylation is 1. The van der Waals surface area contributed by atoms with Crippen LogP contribution in [0.25, 0.3) is 27.4 Å². The molecule has 4 nitrogen and oxygen atoms in total. The van der Waals surface area contributed by atoms with Crippen molar-refractivity contribution >= 4 is 43.2 Å². The van der Waals surface area contributed by atoms with Gasteiger partial charge in [-0.25, -0.2) is 9.50 Å². The Bertz CT molecular complexity index is 874. The highest BCUT2D eigenvalue weighted by Crippen LogP contribution is 2.29. The van der Waals surface area contributed by atoms with E-state index >= 15 is 0 Å². The first kappa shape index (κ1) is 11.2. The molecule has 0 saturated carbocycles. The lowest BCUT2D eigenvalue weighted by Crippen LogP contribution is -1.79. The van der Waals surface area contributed by atoms with E-state index in [1.54, 1.807) is 15.9 Å². The summed E-state index contributed by atoms with van der Waals surface area (Å²) in [7, 11) is 0. The van der Waals surface area contributed by atoms with E-state index in [1.165, 1.54) is 0 Å². The van der Waals surface area contributed by atoms with E-state index in [0.29, 0.717) is 0 Å². The maximum Gasteiger partial charge on any atom is 0.212 e. The second-order valence-corrected chi connectivity index (χ2v) is 6.34. The Balaban J connectivity index is 1.90. The fourth-order valence-electron chi connectivity index (χ4n) is 2.06. The molecule has 1 aromatic carbocycles. The van der Waals surface area contributed by atoms with Crippen molar-refractivity contribution in [2.45, 2.75) is 6.92 Å². The van der Waals surface area contributed by atoms with Gasteiger partial charge in [-0.2, -0.15) is 5.10 Å². The van der Waals surface area contributed by atoms with Gasteiger partial charge in [0.15, 0.2) is 5.76 Å². The number of imidazole rings is 1. The van der Waals surface area contributed by atoms with Gasteiger partial charge in [0.1, 0.15) is 16.3 Å². The van der Waals surface area contributed by atoms with Gasteiger partial charge in [-0.15, -0.1) is 0 Å². The molecule has 0 amide bonds. The molecule has 3 heterocycles. The first-order valence-electron chi connectivity index (χ1n) is 5.71. The number of furan rings is 1. The van der Waals surface area contributed by atoms with Crippen molar-refractivity contribution in [2.24, 2.45) is 0 Å². The van der Waals surface area contributed by atoms with Crippen molar-refractivity contribution in [1.82, 2.24) is 14.6 Å². The third-order valence-electron chi connectivity index (χ3n) is 2.87. The maximum absolute atomic E-state index is 5.82. The molecule has 0 bridgehead atoms. The summed E-state index contributed by atoms with van der Waals surface area (Å²) in [6.45, 7) is 1.97. The second-order valence-electron chi connectivity index (χ2n) is 4.27. The predicted octanol–water partition coefficient (Wildman–Crippen LogP) is 4.27. The lowest BCUT2D eigenvalue weighted by Gasteiger charge is -1.88. The highest BCUT2D eigenvalue weighted by Gasteiger charge is 2.12. The molecule has 0 atom stereocenters. The SMILES string of the molecule is Cc1nn2cc(-c3cc4cc(Br)ccc4o3)nc2s1. The number of aromatic nitrogens is 3. The summed E-state index contributed by atoms with van der Waals surface area (Å²) in [6, 6.07) is 7.94. The van der Waals surface area contributed by atoms with Crippen molar-refractivity contribution in [3.63, 3.8) is 0 Å². The van der Waals surface area contributed by atoms with Crippen molar-refractivity contribution in [2.75, 3.05) is 0 Å². The molecule has 3 aromatic heterocycles. The molecule has 0 aliphatic heterocycles. The van der Waals surface area contributed by atoms with Crippen molar-refractivity contribution < 1.29 is 4.42 Å². The molecule has 0 spiro atoms. The fourth-order valence-corrected chi connectivity index (χ4v) is 3.16. The highest BCUT2D eigenvalue weighted by molar-refractivity contribution is 9.10. The quantitative estimate of drug-likeness (QED) is 0.522. The van der Waals surface area contributed by atoms with Gasteiger partial charge >= 0.3 is 0 Å². The first-order chi connectivity index (χ1) is 9.19. The lowest BCUT2D eigenvalue weighted by atomic mass is 10.2. The second kappa shape index (κ2) is 3.91. The average molecular weight is 334 g/mol. The minimum Gasteiger partial charge on any atom is -0.454 e. The normalized spacial score (nSPS) is 11.7. The number of hydrogen-bond donors (Lipinski definition) is 0. The monoisotopic (exact) mass is 333 g/mol. The van der Waals surface area contributed by atoms with Gasteiger partial charge < -0.3 is 4.42 Å². The molecule has 19 heavy (non-hydrogen) atoms. The number of rotatable bonds is 1. The van der Waals surface area contributed by atoms with E-state index in [4.69, 9.17) is 4.42 Å². The van der Waals surface area contributed by atoms with Crippen molar-refractivity contribution in [3.05, 3.63) is 39.9 Å². The van der Waals surface area contributed by atoms with Crippen LogP contribution in [0.15, 0.2) is 39.4 Å². The van der Waals surface area contributed by atoms with Gasteiger partial charge in [0.25, 0.3) is 0 Å². The van der Waals surface area contributed by atoms with Crippen LogP contribution in [-0.2, 0) is 0 Å². The lowest BCUT2D eigenvalue weighted by molar-refractivity contribution is 0.629. The number of nitrogens with zero attached hydrogens (tertiary/aromatic N) is 3. The van der Waals surface area contributed by atoms with Gasteiger partial charge in [-0.1, -0.05) is 27.3 Å². The Morgan fingerprint density at radius 3 is 3.05 bits per heavy atom. The molecule has 94 valence electrons. The standard InChI is InChI=1S/C13H8BrN3OS/c1-7-16-17-6-10(15-13(17)19-7)12-5-8-4-9(14)2-3-11(8)18-12/h2-6H,1H3. The molecule has 6 heteroatoms. The molecular weight excluding hydrogens is 326 g/mol. The van der Waals surface area contributed by atoms with Crippen LogP contribution in [0, 0.1) is 6.92 Å². The summed E-state index contributed by atoms with van der Waals surface area (Å²) in [5, 5.41) is 6.41. The van der Waals surface area contributed by atoms with E-state index in [2.05, 4.69) is 26.0 Å². The van der Waals surface area contributed by atoms with Crippen LogP contribution < -0.4 is 0 Å². The van der Waals surface area contributed by atoms with E-state index in [9.17, 15) is 0 Å². The minimum absolute atomic E-state index is 0.767. The molecule has 0 unspecified atom stereocenters.